The maximum Gasteiger partial charge on any atom is 0.0793 e. The molecular formula is C18H22O2S2. The summed E-state index contributed by atoms with van der Waals surface area (Å²) in [5, 5.41) is 0. The molecule has 0 aliphatic carbocycles. The topological polar surface area (TPSA) is 18.5 Å². The molecule has 4 heteroatoms. The predicted molar refractivity (Wildman–Crippen MR) is 95.4 cm³/mol. The van der Waals surface area contributed by atoms with Gasteiger partial charge in [-0.25, -0.2) is 0 Å². The molecule has 0 bridgehead atoms. The third-order valence-corrected chi connectivity index (χ3v) is 6.06. The lowest BCUT2D eigenvalue weighted by atomic mass is 10.1. The molecule has 2 nitrogen and oxygen atoms in total. The second-order valence-corrected chi connectivity index (χ2v) is 7.34. The molecule has 0 aromatic heterocycles. The SMILES string of the molecule is COC(C)c1ccc(SSc2ccc(C(C)OC)cc2)cc1. The Bertz CT molecular complexity index is 513. The van der Waals surface area contributed by atoms with E-state index < -0.39 is 0 Å². The number of hydrogen-bond donors (Lipinski definition) is 0. The van der Waals surface area contributed by atoms with Gasteiger partial charge >= 0.3 is 0 Å². The van der Waals surface area contributed by atoms with Crippen molar-refractivity contribution >= 4 is 21.6 Å². The van der Waals surface area contributed by atoms with Crippen LogP contribution in [0.5, 0.6) is 0 Å². The van der Waals surface area contributed by atoms with E-state index in [9.17, 15) is 0 Å². The van der Waals surface area contributed by atoms with Crippen LogP contribution in [0.15, 0.2) is 58.3 Å². The highest BCUT2D eigenvalue weighted by molar-refractivity contribution is 8.76. The molecule has 0 amide bonds. The minimum atomic E-state index is 0.141. The van der Waals surface area contributed by atoms with Gasteiger partial charge in [-0.05, 0) is 49.2 Å². The zero-order chi connectivity index (χ0) is 15.9. The molecule has 22 heavy (non-hydrogen) atoms. The first-order valence-electron chi connectivity index (χ1n) is 7.24. The second-order valence-electron chi connectivity index (χ2n) is 5.06. The zero-order valence-corrected chi connectivity index (χ0v) is 15.0. The summed E-state index contributed by atoms with van der Waals surface area (Å²) in [4.78, 5) is 2.48. The van der Waals surface area contributed by atoms with Gasteiger partial charge in [-0.15, -0.1) is 0 Å². The van der Waals surface area contributed by atoms with Crippen LogP contribution in [0.1, 0.15) is 37.2 Å². The summed E-state index contributed by atoms with van der Waals surface area (Å²) in [6.45, 7) is 4.11. The molecule has 2 aromatic carbocycles. The van der Waals surface area contributed by atoms with Crippen molar-refractivity contribution in [3.05, 3.63) is 59.7 Å². The average molecular weight is 335 g/mol. The maximum absolute atomic E-state index is 5.32. The Kier molecular flexibility index (Phi) is 6.83. The van der Waals surface area contributed by atoms with E-state index >= 15 is 0 Å². The van der Waals surface area contributed by atoms with Crippen molar-refractivity contribution in [3.63, 3.8) is 0 Å². The molecule has 0 aliphatic rings. The van der Waals surface area contributed by atoms with Crippen LogP contribution in [0.25, 0.3) is 0 Å². The molecule has 0 radical (unpaired) electrons. The van der Waals surface area contributed by atoms with Gasteiger partial charge in [0.15, 0.2) is 0 Å². The Labute approximate surface area is 141 Å². The molecule has 0 aliphatic heterocycles. The van der Waals surface area contributed by atoms with Crippen molar-refractivity contribution in [2.45, 2.75) is 35.8 Å². The average Bonchev–Trinajstić information content (AvgIpc) is 2.59. The number of hydrogen-bond acceptors (Lipinski definition) is 4. The third kappa shape index (κ3) is 4.78. The normalized spacial score (nSPS) is 13.8. The fourth-order valence-electron chi connectivity index (χ4n) is 1.96. The fraction of sp³-hybridized carbons (Fsp3) is 0.333. The summed E-state index contributed by atoms with van der Waals surface area (Å²) in [7, 11) is 7.00. The third-order valence-electron chi connectivity index (χ3n) is 3.64. The van der Waals surface area contributed by atoms with Crippen molar-refractivity contribution in [1.29, 1.82) is 0 Å². The van der Waals surface area contributed by atoms with Gasteiger partial charge in [0.05, 0.1) is 12.2 Å². The fourth-order valence-corrected chi connectivity index (χ4v) is 3.89. The molecule has 0 N–H and O–H groups in total. The van der Waals surface area contributed by atoms with Gasteiger partial charge in [0.2, 0.25) is 0 Å². The molecule has 0 saturated heterocycles. The van der Waals surface area contributed by atoms with Gasteiger partial charge in [0, 0.05) is 24.0 Å². The highest BCUT2D eigenvalue weighted by atomic mass is 33.1. The molecule has 0 spiro atoms. The predicted octanol–water partition coefficient (Wildman–Crippen LogP) is 5.90. The van der Waals surface area contributed by atoms with Crippen LogP contribution in [-0.4, -0.2) is 14.2 Å². The van der Waals surface area contributed by atoms with Gasteiger partial charge in [0.1, 0.15) is 0 Å². The van der Waals surface area contributed by atoms with Gasteiger partial charge in [-0.2, -0.15) is 0 Å². The van der Waals surface area contributed by atoms with Crippen LogP contribution in [0.3, 0.4) is 0 Å². The first-order chi connectivity index (χ1) is 10.6. The van der Waals surface area contributed by atoms with Crippen LogP contribution in [0.2, 0.25) is 0 Å². The monoisotopic (exact) mass is 334 g/mol. The number of ether oxygens (including phenoxy) is 2. The number of rotatable bonds is 7. The van der Waals surface area contributed by atoms with Crippen LogP contribution in [-0.2, 0) is 9.47 Å². The molecule has 2 rings (SSSR count). The zero-order valence-electron chi connectivity index (χ0n) is 13.4. The van der Waals surface area contributed by atoms with Gasteiger partial charge in [-0.3, -0.25) is 0 Å². The van der Waals surface area contributed by atoms with Crippen LogP contribution >= 0.6 is 21.6 Å². The number of methoxy groups -OCH3 is 2. The molecule has 0 fully saturated rings. The minimum absolute atomic E-state index is 0.141. The molecule has 2 atom stereocenters. The Morgan fingerprint density at radius 2 is 0.955 bits per heavy atom. The highest BCUT2D eigenvalue weighted by Gasteiger charge is 2.05. The first kappa shape index (κ1) is 17.4. The van der Waals surface area contributed by atoms with Gasteiger partial charge < -0.3 is 9.47 Å². The molecular weight excluding hydrogens is 312 g/mol. The summed E-state index contributed by atoms with van der Waals surface area (Å²) in [5.74, 6) is 0. The van der Waals surface area contributed by atoms with Crippen LogP contribution in [0.4, 0.5) is 0 Å². The lowest BCUT2D eigenvalue weighted by molar-refractivity contribution is 0.119. The van der Waals surface area contributed by atoms with Gasteiger partial charge in [0.25, 0.3) is 0 Å². The van der Waals surface area contributed by atoms with Crippen molar-refractivity contribution in [2.75, 3.05) is 14.2 Å². The van der Waals surface area contributed by atoms with Crippen LogP contribution in [0, 0.1) is 0 Å². The van der Waals surface area contributed by atoms with Crippen molar-refractivity contribution in [2.24, 2.45) is 0 Å². The number of benzene rings is 2. The first-order valence-corrected chi connectivity index (χ1v) is 9.39. The Hall–Kier alpha value is -0.940. The van der Waals surface area contributed by atoms with Crippen molar-refractivity contribution in [1.82, 2.24) is 0 Å². The summed E-state index contributed by atoms with van der Waals surface area (Å²) in [6.07, 6.45) is 0.282. The highest BCUT2D eigenvalue weighted by Crippen LogP contribution is 2.38. The van der Waals surface area contributed by atoms with E-state index in [1.807, 2.05) is 0 Å². The lowest BCUT2D eigenvalue weighted by Gasteiger charge is -2.11. The largest absolute Gasteiger partial charge is 0.377 e. The molecule has 0 saturated carbocycles. The Morgan fingerprint density at radius 1 is 0.636 bits per heavy atom. The van der Waals surface area contributed by atoms with Crippen molar-refractivity contribution in [3.8, 4) is 0 Å². The van der Waals surface area contributed by atoms with E-state index in [2.05, 4.69) is 62.4 Å². The van der Waals surface area contributed by atoms with E-state index in [0.717, 1.165) is 0 Å². The maximum atomic E-state index is 5.32. The quantitative estimate of drug-likeness (QED) is 0.586. The van der Waals surface area contributed by atoms with E-state index in [0.29, 0.717) is 0 Å². The van der Waals surface area contributed by atoms with E-state index in [4.69, 9.17) is 9.47 Å². The smallest absolute Gasteiger partial charge is 0.0793 e. The van der Waals surface area contributed by atoms with Crippen molar-refractivity contribution < 1.29 is 9.47 Å². The van der Waals surface area contributed by atoms with E-state index in [-0.39, 0.29) is 12.2 Å². The molecule has 118 valence electrons. The molecule has 2 unspecified atom stereocenters. The standard InChI is InChI=1S/C18H22O2S2/c1-13(19-3)15-5-9-17(10-6-15)21-22-18-11-7-16(8-12-18)14(2)20-4/h5-14H,1-4H3. The van der Waals surface area contributed by atoms with Gasteiger partial charge in [-0.1, -0.05) is 45.9 Å². The summed E-state index contributed by atoms with van der Waals surface area (Å²) in [5.41, 5.74) is 2.41. The second kappa shape index (κ2) is 8.63. The summed E-state index contributed by atoms with van der Waals surface area (Å²) in [6, 6.07) is 17.1. The molecule has 2 aromatic rings. The minimum Gasteiger partial charge on any atom is -0.377 e. The lowest BCUT2D eigenvalue weighted by Crippen LogP contribution is -1.94. The van der Waals surface area contributed by atoms with E-state index in [1.165, 1.54) is 20.9 Å². The summed E-state index contributed by atoms with van der Waals surface area (Å²) < 4.78 is 10.6. The Morgan fingerprint density at radius 3 is 1.23 bits per heavy atom. The van der Waals surface area contributed by atoms with Crippen LogP contribution < -0.4 is 0 Å². The molecule has 0 heterocycles. The van der Waals surface area contributed by atoms with E-state index in [1.54, 1.807) is 35.8 Å². The Balaban J connectivity index is 1.92. The summed E-state index contributed by atoms with van der Waals surface area (Å²) >= 11 is 0.